The lowest BCUT2D eigenvalue weighted by atomic mass is 10.1. The zero-order chi connectivity index (χ0) is 10.4. The second-order valence-corrected chi connectivity index (χ2v) is 3.98. The number of hydrogen-bond acceptors (Lipinski definition) is 2. The van der Waals surface area contributed by atoms with Crippen LogP contribution in [-0.4, -0.2) is 14.7 Å². The van der Waals surface area contributed by atoms with Crippen molar-refractivity contribution < 1.29 is 5.11 Å². The van der Waals surface area contributed by atoms with Crippen LogP contribution >= 0.6 is 0 Å². The third kappa shape index (κ3) is 1.15. The number of aromatic nitrogens is 2. The number of aliphatic hydroxyl groups is 1. The molecule has 1 aliphatic rings. The Labute approximate surface area is 86.2 Å². The lowest BCUT2D eigenvalue weighted by molar-refractivity contribution is 0.167. The van der Waals surface area contributed by atoms with Gasteiger partial charge < -0.3 is 10.1 Å². The number of aryl methyl sites for hydroxylation is 1. The van der Waals surface area contributed by atoms with Gasteiger partial charge in [-0.3, -0.25) is 4.57 Å². The van der Waals surface area contributed by atoms with E-state index < -0.39 is 6.10 Å². The standard InChI is InChI=1S/C11H12N2O2/c14-9-5-2-6-13-10-7(9)3-1-4-8(10)12-11(13)15/h1,3-4,9,14H,2,5-6H2,(H,12,15). The van der Waals surface area contributed by atoms with Gasteiger partial charge in [0.2, 0.25) is 0 Å². The van der Waals surface area contributed by atoms with Crippen LogP contribution in [0.3, 0.4) is 0 Å². The average Bonchev–Trinajstić information content (AvgIpc) is 2.43. The zero-order valence-corrected chi connectivity index (χ0v) is 8.23. The van der Waals surface area contributed by atoms with E-state index in [-0.39, 0.29) is 5.69 Å². The lowest BCUT2D eigenvalue weighted by Crippen LogP contribution is -2.16. The Bertz CT molecular complexity index is 567. The molecule has 2 aromatic rings. The fourth-order valence-electron chi connectivity index (χ4n) is 2.33. The minimum Gasteiger partial charge on any atom is -0.388 e. The molecule has 1 aliphatic heterocycles. The van der Waals surface area contributed by atoms with E-state index >= 15 is 0 Å². The molecule has 0 saturated carbocycles. The van der Waals surface area contributed by atoms with Gasteiger partial charge in [-0.15, -0.1) is 0 Å². The first kappa shape index (κ1) is 8.73. The molecule has 4 heteroatoms. The Morgan fingerprint density at radius 1 is 1.47 bits per heavy atom. The van der Waals surface area contributed by atoms with Gasteiger partial charge in [-0.05, 0) is 18.9 Å². The molecule has 2 N–H and O–H groups in total. The first-order chi connectivity index (χ1) is 7.27. The topological polar surface area (TPSA) is 58.0 Å². The Hall–Kier alpha value is -1.55. The fraction of sp³-hybridized carbons (Fsp3) is 0.364. The van der Waals surface area contributed by atoms with Gasteiger partial charge in [0.15, 0.2) is 0 Å². The molecule has 15 heavy (non-hydrogen) atoms. The quantitative estimate of drug-likeness (QED) is 0.676. The number of para-hydroxylation sites is 1. The van der Waals surface area contributed by atoms with Crippen molar-refractivity contribution in [1.29, 1.82) is 0 Å². The molecule has 2 heterocycles. The summed E-state index contributed by atoms with van der Waals surface area (Å²) in [7, 11) is 0. The summed E-state index contributed by atoms with van der Waals surface area (Å²) in [5, 5.41) is 9.93. The number of nitrogens with one attached hydrogen (secondary N) is 1. The molecular formula is C11H12N2O2. The zero-order valence-electron chi connectivity index (χ0n) is 8.23. The summed E-state index contributed by atoms with van der Waals surface area (Å²) in [6.07, 6.45) is 1.11. The Morgan fingerprint density at radius 2 is 2.33 bits per heavy atom. The van der Waals surface area contributed by atoms with Crippen molar-refractivity contribution in [3.05, 3.63) is 34.2 Å². The van der Waals surface area contributed by atoms with Crippen LogP contribution in [-0.2, 0) is 6.54 Å². The van der Waals surface area contributed by atoms with Crippen LogP contribution in [0.15, 0.2) is 23.0 Å². The predicted octanol–water partition coefficient (Wildman–Crippen LogP) is 1.16. The van der Waals surface area contributed by atoms with Crippen molar-refractivity contribution in [2.24, 2.45) is 0 Å². The van der Waals surface area contributed by atoms with E-state index in [2.05, 4.69) is 4.98 Å². The van der Waals surface area contributed by atoms with Crippen LogP contribution in [0.25, 0.3) is 11.0 Å². The van der Waals surface area contributed by atoms with Crippen LogP contribution < -0.4 is 5.69 Å². The normalized spacial score (nSPS) is 20.5. The van der Waals surface area contributed by atoms with E-state index in [0.717, 1.165) is 29.4 Å². The highest BCUT2D eigenvalue weighted by Crippen LogP contribution is 2.28. The molecule has 1 aromatic heterocycles. The predicted molar refractivity (Wildman–Crippen MR) is 56.8 cm³/mol. The highest BCUT2D eigenvalue weighted by molar-refractivity contribution is 5.79. The molecule has 78 valence electrons. The van der Waals surface area contributed by atoms with E-state index in [1.165, 1.54) is 0 Å². The summed E-state index contributed by atoms with van der Waals surface area (Å²) in [5.74, 6) is 0. The minimum atomic E-state index is -0.447. The van der Waals surface area contributed by atoms with Crippen LogP contribution in [0, 0.1) is 0 Å². The van der Waals surface area contributed by atoms with Crippen LogP contribution in [0.1, 0.15) is 24.5 Å². The molecule has 0 radical (unpaired) electrons. The van der Waals surface area contributed by atoms with E-state index in [9.17, 15) is 9.90 Å². The molecule has 1 atom stereocenters. The summed E-state index contributed by atoms with van der Waals surface area (Å²) in [6, 6.07) is 5.63. The number of hydrogen-bond donors (Lipinski definition) is 2. The van der Waals surface area contributed by atoms with Gasteiger partial charge in [0, 0.05) is 12.1 Å². The molecule has 4 nitrogen and oxygen atoms in total. The molecule has 0 spiro atoms. The monoisotopic (exact) mass is 204 g/mol. The van der Waals surface area contributed by atoms with Crippen molar-refractivity contribution >= 4 is 11.0 Å². The SMILES string of the molecule is O=c1[nH]c2cccc3c2n1CCCC3O. The van der Waals surface area contributed by atoms with E-state index in [1.807, 2.05) is 18.2 Å². The van der Waals surface area contributed by atoms with E-state index in [4.69, 9.17) is 0 Å². The average molecular weight is 204 g/mol. The van der Waals surface area contributed by atoms with Gasteiger partial charge in [0.25, 0.3) is 0 Å². The molecule has 1 aromatic carbocycles. The molecule has 0 aliphatic carbocycles. The van der Waals surface area contributed by atoms with E-state index in [1.54, 1.807) is 4.57 Å². The highest BCUT2D eigenvalue weighted by atomic mass is 16.3. The Morgan fingerprint density at radius 3 is 3.20 bits per heavy atom. The first-order valence-electron chi connectivity index (χ1n) is 5.17. The minimum absolute atomic E-state index is 0.0773. The molecule has 3 rings (SSSR count). The van der Waals surface area contributed by atoms with Gasteiger partial charge in [0.1, 0.15) is 0 Å². The van der Waals surface area contributed by atoms with Crippen molar-refractivity contribution in [1.82, 2.24) is 9.55 Å². The second-order valence-electron chi connectivity index (χ2n) is 3.98. The molecule has 0 amide bonds. The maximum absolute atomic E-state index is 11.6. The summed E-state index contributed by atoms with van der Waals surface area (Å²) < 4.78 is 1.72. The third-order valence-corrected chi connectivity index (χ3v) is 3.04. The Balaban J connectivity index is 2.47. The van der Waals surface area contributed by atoms with Gasteiger partial charge in [-0.2, -0.15) is 0 Å². The number of benzene rings is 1. The van der Waals surface area contributed by atoms with E-state index in [0.29, 0.717) is 6.54 Å². The smallest absolute Gasteiger partial charge is 0.326 e. The maximum atomic E-state index is 11.6. The number of aliphatic hydroxyl groups excluding tert-OH is 1. The number of rotatable bonds is 0. The molecular weight excluding hydrogens is 192 g/mol. The van der Waals surface area contributed by atoms with Crippen molar-refractivity contribution in [3.63, 3.8) is 0 Å². The number of imidazole rings is 1. The third-order valence-electron chi connectivity index (χ3n) is 3.04. The summed E-state index contributed by atoms with van der Waals surface area (Å²) in [5.41, 5.74) is 2.47. The second kappa shape index (κ2) is 2.97. The molecule has 0 fully saturated rings. The number of nitrogens with zero attached hydrogens (tertiary/aromatic N) is 1. The number of aromatic amines is 1. The van der Waals surface area contributed by atoms with Crippen molar-refractivity contribution in [2.45, 2.75) is 25.5 Å². The van der Waals surface area contributed by atoms with Gasteiger partial charge >= 0.3 is 5.69 Å². The molecule has 1 unspecified atom stereocenters. The maximum Gasteiger partial charge on any atom is 0.326 e. The van der Waals surface area contributed by atoms with Crippen LogP contribution in [0.4, 0.5) is 0 Å². The summed E-state index contributed by atoms with van der Waals surface area (Å²) in [6.45, 7) is 0.687. The first-order valence-corrected chi connectivity index (χ1v) is 5.17. The Kier molecular flexibility index (Phi) is 1.73. The summed E-state index contributed by atoms with van der Waals surface area (Å²) in [4.78, 5) is 14.4. The number of H-pyrrole nitrogens is 1. The van der Waals surface area contributed by atoms with Crippen LogP contribution in [0.5, 0.6) is 0 Å². The molecule has 0 saturated heterocycles. The van der Waals surface area contributed by atoms with Gasteiger partial charge in [-0.1, -0.05) is 12.1 Å². The van der Waals surface area contributed by atoms with Gasteiger partial charge in [-0.25, -0.2) is 4.79 Å². The largest absolute Gasteiger partial charge is 0.388 e. The van der Waals surface area contributed by atoms with Crippen molar-refractivity contribution in [2.75, 3.05) is 0 Å². The van der Waals surface area contributed by atoms with Crippen LogP contribution in [0.2, 0.25) is 0 Å². The van der Waals surface area contributed by atoms with Crippen molar-refractivity contribution in [3.8, 4) is 0 Å². The highest BCUT2D eigenvalue weighted by Gasteiger charge is 2.19. The molecule has 0 bridgehead atoms. The summed E-state index contributed by atoms with van der Waals surface area (Å²) >= 11 is 0. The lowest BCUT2D eigenvalue weighted by Gasteiger charge is -2.07. The van der Waals surface area contributed by atoms with Gasteiger partial charge in [0.05, 0.1) is 17.1 Å². The fourth-order valence-corrected chi connectivity index (χ4v) is 2.33.